The Kier molecular flexibility index (Phi) is 7.28. The highest BCUT2D eigenvalue weighted by Crippen LogP contribution is 2.21. The first-order chi connectivity index (χ1) is 11.7. The van der Waals surface area contributed by atoms with Gasteiger partial charge in [0.2, 0.25) is 5.89 Å². The minimum absolute atomic E-state index is 0. The van der Waals surface area contributed by atoms with E-state index in [9.17, 15) is 0 Å². The van der Waals surface area contributed by atoms with Gasteiger partial charge in [-0.2, -0.15) is 0 Å². The lowest BCUT2D eigenvalue weighted by molar-refractivity contribution is 0.437. The third-order valence-corrected chi connectivity index (χ3v) is 4.63. The maximum absolute atomic E-state index is 5.62. The molecule has 0 amide bonds. The highest BCUT2D eigenvalue weighted by molar-refractivity contribution is 14.0. The van der Waals surface area contributed by atoms with Crippen LogP contribution in [0, 0.1) is 19.8 Å². The first kappa shape index (κ1) is 19.8. The SMILES string of the molecule is CN=C(NCc1nc(C)c(C)o1)N1CCC(Cc2ccccc2)C1.I. The van der Waals surface area contributed by atoms with Crippen molar-refractivity contribution in [2.45, 2.75) is 33.2 Å². The summed E-state index contributed by atoms with van der Waals surface area (Å²) in [5, 5.41) is 3.37. The average Bonchev–Trinajstić information content (AvgIpc) is 3.16. The van der Waals surface area contributed by atoms with Gasteiger partial charge < -0.3 is 14.6 Å². The fourth-order valence-electron chi connectivity index (χ4n) is 3.24. The van der Waals surface area contributed by atoms with Crippen LogP contribution in [0.2, 0.25) is 0 Å². The van der Waals surface area contributed by atoms with Gasteiger partial charge in [-0.15, -0.1) is 24.0 Å². The number of rotatable bonds is 4. The van der Waals surface area contributed by atoms with E-state index in [-0.39, 0.29) is 24.0 Å². The molecule has 0 bridgehead atoms. The second-order valence-electron chi connectivity index (χ2n) is 6.44. The molecule has 1 atom stereocenters. The van der Waals surface area contributed by atoms with E-state index in [1.165, 1.54) is 12.0 Å². The average molecular weight is 454 g/mol. The number of halogens is 1. The summed E-state index contributed by atoms with van der Waals surface area (Å²) in [4.78, 5) is 11.2. The Labute approximate surface area is 166 Å². The van der Waals surface area contributed by atoms with Gasteiger partial charge >= 0.3 is 0 Å². The molecular formula is C19H27IN4O. The molecule has 5 nitrogen and oxygen atoms in total. The molecule has 1 aromatic heterocycles. The normalized spacial score (nSPS) is 17.5. The van der Waals surface area contributed by atoms with Crippen molar-refractivity contribution in [3.8, 4) is 0 Å². The van der Waals surface area contributed by atoms with Crippen molar-refractivity contribution >= 4 is 29.9 Å². The summed E-state index contributed by atoms with van der Waals surface area (Å²) in [6.45, 7) is 6.56. The zero-order valence-electron chi connectivity index (χ0n) is 15.2. The number of likely N-dealkylation sites (tertiary alicyclic amines) is 1. The largest absolute Gasteiger partial charge is 0.444 e. The number of oxazole rings is 1. The molecule has 1 N–H and O–H groups in total. The molecule has 1 fully saturated rings. The Morgan fingerprint density at radius 1 is 1.32 bits per heavy atom. The van der Waals surface area contributed by atoms with Gasteiger partial charge in [0.1, 0.15) is 5.76 Å². The third kappa shape index (κ3) is 5.20. The monoisotopic (exact) mass is 454 g/mol. The van der Waals surface area contributed by atoms with Gasteiger partial charge in [-0.25, -0.2) is 4.98 Å². The van der Waals surface area contributed by atoms with Crippen LogP contribution in [-0.2, 0) is 13.0 Å². The van der Waals surface area contributed by atoms with Gasteiger partial charge in [0, 0.05) is 20.1 Å². The van der Waals surface area contributed by atoms with Crippen molar-refractivity contribution in [2.75, 3.05) is 20.1 Å². The van der Waals surface area contributed by atoms with Crippen molar-refractivity contribution in [3.63, 3.8) is 0 Å². The van der Waals surface area contributed by atoms with Crippen molar-refractivity contribution < 1.29 is 4.42 Å². The summed E-state index contributed by atoms with van der Waals surface area (Å²) in [6, 6.07) is 10.7. The molecule has 1 aliphatic rings. The van der Waals surface area contributed by atoms with E-state index in [1.807, 2.05) is 20.9 Å². The number of guanidine groups is 1. The predicted octanol–water partition coefficient (Wildman–Crippen LogP) is 3.55. The number of hydrogen-bond acceptors (Lipinski definition) is 3. The number of benzene rings is 1. The Hall–Kier alpha value is -1.57. The number of aromatic nitrogens is 1. The van der Waals surface area contributed by atoms with E-state index in [0.29, 0.717) is 18.4 Å². The Morgan fingerprint density at radius 3 is 2.72 bits per heavy atom. The summed E-state index contributed by atoms with van der Waals surface area (Å²) >= 11 is 0. The summed E-state index contributed by atoms with van der Waals surface area (Å²) in [7, 11) is 1.83. The lowest BCUT2D eigenvalue weighted by Crippen LogP contribution is -2.39. The Morgan fingerprint density at radius 2 is 2.08 bits per heavy atom. The van der Waals surface area contributed by atoms with E-state index >= 15 is 0 Å². The maximum Gasteiger partial charge on any atom is 0.214 e. The topological polar surface area (TPSA) is 53.7 Å². The molecule has 1 aliphatic heterocycles. The first-order valence-electron chi connectivity index (χ1n) is 8.58. The molecular weight excluding hydrogens is 427 g/mol. The van der Waals surface area contributed by atoms with Crippen LogP contribution in [0.5, 0.6) is 0 Å². The van der Waals surface area contributed by atoms with Gasteiger partial charge in [-0.3, -0.25) is 4.99 Å². The van der Waals surface area contributed by atoms with Crippen LogP contribution < -0.4 is 5.32 Å². The van der Waals surface area contributed by atoms with Gasteiger partial charge in [0.05, 0.1) is 12.2 Å². The summed E-state index contributed by atoms with van der Waals surface area (Å²) in [6.07, 6.45) is 2.33. The number of nitrogens with one attached hydrogen (secondary N) is 1. The molecule has 2 heterocycles. The first-order valence-corrected chi connectivity index (χ1v) is 8.58. The van der Waals surface area contributed by atoms with Gasteiger partial charge in [-0.1, -0.05) is 30.3 Å². The second-order valence-corrected chi connectivity index (χ2v) is 6.44. The Bertz CT molecular complexity index is 679. The number of hydrogen-bond donors (Lipinski definition) is 1. The fraction of sp³-hybridized carbons (Fsp3) is 0.474. The minimum atomic E-state index is 0. The molecule has 0 aliphatic carbocycles. The lowest BCUT2D eigenvalue weighted by Gasteiger charge is -2.21. The smallest absolute Gasteiger partial charge is 0.214 e. The van der Waals surface area contributed by atoms with Gasteiger partial charge in [-0.05, 0) is 38.2 Å². The van der Waals surface area contributed by atoms with Gasteiger partial charge in [0.25, 0.3) is 0 Å². The minimum Gasteiger partial charge on any atom is -0.444 e. The molecule has 0 radical (unpaired) electrons. The van der Waals surface area contributed by atoms with Crippen LogP contribution in [0.1, 0.15) is 29.3 Å². The predicted molar refractivity (Wildman–Crippen MR) is 111 cm³/mol. The zero-order valence-corrected chi connectivity index (χ0v) is 17.5. The molecule has 25 heavy (non-hydrogen) atoms. The molecule has 2 aromatic rings. The number of nitrogens with zero attached hydrogens (tertiary/aromatic N) is 3. The van der Waals surface area contributed by atoms with E-state index in [1.54, 1.807) is 0 Å². The third-order valence-electron chi connectivity index (χ3n) is 4.63. The van der Waals surface area contributed by atoms with E-state index in [4.69, 9.17) is 4.42 Å². The number of aryl methyl sites for hydroxylation is 2. The van der Waals surface area contributed by atoms with E-state index < -0.39 is 0 Å². The summed E-state index contributed by atoms with van der Waals surface area (Å²) < 4.78 is 5.62. The maximum atomic E-state index is 5.62. The van der Waals surface area contributed by atoms with Crippen molar-refractivity contribution in [3.05, 3.63) is 53.2 Å². The Balaban J connectivity index is 0.00000225. The second kappa shape index (κ2) is 9.22. The van der Waals surface area contributed by atoms with E-state index in [0.717, 1.165) is 36.9 Å². The van der Waals surface area contributed by atoms with Crippen LogP contribution in [-0.4, -0.2) is 36.0 Å². The van der Waals surface area contributed by atoms with Crippen LogP contribution >= 0.6 is 24.0 Å². The molecule has 3 rings (SSSR count). The molecule has 1 aromatic carbocycles. The quantitative estimate of drug-likeness (QED) is 0.436. The molecule has 6 heteroatoms. The zero-order chi connectivity index (χ0) is 16.9. The molecule has 0 saturated carbocycles. The van der Waals surface area contributed by atoms with Gasteiger partial charge in [0.15, 0.2) is 5.96 Å². The molecule has 1 saturated heterocycles. The molecule has 136 valence electrons. The van der Waals surface area contributed by atoms with Crippen LogP contribution in [0.25, 0.3) is 0 Å². The summed E-state index contributed by atoms with van der Waals surface area (Å²) in [5.41, 5.74) is 2.36. The highest BCUT2D eigenvalue weighted by Gasteiger charge is 2.25. The number of aliphatic imine (C=N–C) groups is 1. The van der Waals surface area contributed by atoms with Crippen LogP contribution in [0.3, 0.4) is 0 Å². The van der Waals surface area contributed by atoms with Crippen molar-refractivity contribution in [1.29, 1.82) is 0 Å². The lowest BCUT2D eigenvalue weighted by atomic mass is 9.99. The standard InChI is InChI=1S/C19H26N4O.HI/c1-14-15(2)24-18(22-14)12-21-19(20-3)23-10-9-17(13-23)11-16-7-5-4-6-8-16;/h4-8,17H,9-13H2,1-3H3,(H,20,21);1H. The van der Waals surface area contributed by atoms with Crippen molar-refractivity contribution in [1.82, 2.24) is 15.2 Å². The van der Waals surface area contributed by atoms with Crippen LogP contribution in [0.15, 0.2) is 39.7 Å². The van der Waals surface area contributed by atoms with Crippen molar-refractivity contribution in [2.24, 2.45) is 10.9 Å². The van der Waals surface area contributed by atoms with E-state index in [2.05, 4.69) is 50.5 Å². The molecule has 1 unspecified atom stereocenters. The van der Waals surface area contributed by atoms with Crippen LogP contribution in [0.4, 0.5) is 0 Å². The fourth-order valence-corrected chi connectivity index (χ4v) is 3.24. The molecule has 0 spiro atoms. The highest BCUT2D eigenvalue weighted by atomic mass is 127. The summed E-state index contributed by atoms with van der Waals surface area (Å²) in [5.74, 6) is 3.20.